The van der Waals surface area contributed by atoms with Crippen molar-refractivity contribution in [3.05, 3.63) is 0 Å². The maximum atomic E-state index is 9.66. The van der Waals surface area contributed by atoms with E-state index in [0.29, 0.717) is 0 Å². The maximum absolute atomic E-state index is 9.66. The summed E-state index contributed by atoms with van der Waals surface area (Å²) in [5.41, 5.74) is 0. The fourth-order valence-corrected chi connectivity index (χ4v) is 0.657. The van der Waals surface area contributed by atoms with Gasteiger partial charge in [0.2, 0.25) is 0 Å². The molecule has 0 aromatic rings. The second-order valence-electron chi connectivity index (χ2n) is 1.63. The third-order valence-corrected chi connectivity index (χ3v) is 1.06. The summed E-state index contributed by atoms with van der Waals surface area (Å²) in [4.78, 5) is 9.66. The van der Waals surface area contributed by atoms with Gasteiger partial charge in [-0.15, -0.1) is 0 Å². The standard InChI is InChI=1S/C4H8N3O/c8-3-7-4-1-5-2-6-4/h4-6H,1-2H2,(H,7,8). The molecule has 1 amide bonds. The molecule has 45 valence electrons. The zero-order valence-corrected chi connectivity index (χ0v) is 4.40. The largest absolute Gasteiger partial charge is 0.331 e. The van der Waals surface area contributed by atoms with Gasteiger partial charge in [-0.1, -0.05) is 0 Å². The van der Waals surface area contributed by atoms with Gasteiger partial charge in [0.05, 0.1) is 6.17 Å². The zero-order valence-electron chi connectivity index (χ0n) is 4.40. The maximum Gasteiger partial charge on any atom is 0.310 e. The van der Waals surface area contributed by atoms with Crippen molar-refractivity contribution in [3.8, 4) is 0 Å². The zero-order chi connectivity index (χ0) is 5.82. The number of carbonyl (C=O) groups excluding carboxylic acids is 1. The summed E-state index contributed by atoms with van der Waals surface area (Å²) in [5.74, 6) is 0. The third-order valence-electron chi connectivity index (χ3n) is 1.06. The van der Waals surface area contributed by atoms with E-state index in [1.54, 1.807) is 6.41 Å². The molecular weight excluding hydrogens is 106 g/mol. The van der Waals surface area contributed by atoms with Crippen molar-refractivity contribution in [1.82, 2.24) is 16.0 Å². The van der Waals surface area contributed by atoms with Crippen LogP contribution in [-0.4, -0.2) is 25.8 Å². The molecular formula is C4H8N3O. The highest BCUT2D eigenvalue weighted by Crippen LogP contribution is 1.77. The Morgan fingerprint density at radius 3 is 3.12 bits per heavy atom. The summed E-state index contributed by atoms with van der Waals surface area (Å²) in [5, 5.41) is 8.44. The van der Waals surface area contributed by atoms with Gasteiger partial charge in [0.25, 0.3) is 0 Å². The van der Waals surface area contributed by atoms with Crippen LogP contribution in [0.25, 0.3) is 0 Å². The summed E-state index contributed by atoms with van der Waals surface area (Å²) in [6.07, 6.45) is 1.68. The lowest BCUT2D eigenvalue weighted by molar-refractivity contribution is 0.511. The molecule has 0 spiro atoms. The highest BCUT2D eigenvalue weighted by molar-refractivity contribution is 5.47. The van der Waals surface area contributed by atoms with Gasteiger partial charge in [-0.25, -0.2) is 0 Å². The van der Waals surface area contributed by atoms with Gasteiger partial charge in [0, 0.05) is 13.2 Å². The number of nitrogens with one attached hydrogen (secondary N) is 3. The Morgan fingerprint density at radius 1 is 1.75 bits per heavy atom. The molecule has 0 aromatic heterocycles. The van der Waals surface area contributed by atoms with E-state index in [4.69, 9.17) is 0 Å². The number of hydrogen-bond acceptors (Lipinski definition) is 3. The molecule has 1 unspecified atom stereocenters. The summed E-state index contributed by atoms with van der Waals surface area (Å²) < 4.78 is 0. The van der Waals surface area contributed by atoms with Gasteiger partial charge >= 0.3 is 6.41 Å². The fraction of sp³-hybridized carbons (Fsp3) is 0.750. The molecule has 8 heavy (non-hydrogen) atoms. The van der Waals surface area contributed by atoms with Crippen molar-refractivity contribution in [2.75, 3.05) is 13.2 Å². The molecule has 0 bridgehead atoms. The van der Waals surface area contributed by atoms with Crippen LogP contribution in [0, 0.1) is 0 Å². The highest BCUT2D eigenvalue weighted by atomic mass is 16.1. The molecule has 1 fully saturated rings. The van der Waals surface area contributed by atoms with E-state index in [1.807, 2.05) is 0 Å². The lowest BCUT2D eigenvalue weighted by atomic mass is 10.5. The lowest BCUT2D eigenvalue weighted by Crippen LogP contribution is -2.38. The van der Waals surface area contributed by atoms with E-state index < -0.39 is 0 Å². The van der Waals surface area contributed by atoms with Crippen LogP contribution in [0.3, 0.4) is 0 Å². The second kappa shape index (κ2) is 2.64. The lowest BCUT2D eigenvalue weighted by Gasteiger charge is -2.03. The molecule has 0 aromatic carbocycles. The van der Waals surface area contributed by atoms with E-state index in [-0.39, 0.29) is 6.17 Å². The number of amides is 1. The summed E-state index contributed by atoms with van der Waals surface area (Å²) in [7, 11) is 0. The molecule has 3 N–H and O–H groups in total. The molecule has 4 heteroatoms. The van der Waals surface area contributed by atoms with Crippen LogP contribution in [0.1, 0.15) is 0 Å². The minimum atomic E-state index is 0.0764. The van der Waals surface area contributed by atoms with E-state index in [0.717, 1.165) is 13.2 Å². The molecule has 0 aliphatic carbocycles. The van der Waals surface area contributed by atoms with Crippen molar-refractivity contribution in [2.24, 2.45) is 0 Å². The predicted octanol–water partition coefficient (Wildman–Crippen LogP) is -1.88. The van der Waals surface area contributed by atoms with Crippen molar-refractivity contribution in [1.29, 1.82) is 0 Å². The number of rotatable bonds is 2. The molecule has 1 radical (unpaired) electrons. The van der Waals surface area contributed by atoms with Crippen molar-refractivity contribution < 1.29 is 4.79 Å². The van der Waals surface area contributed by atoms with E-state index in [2.05, 4.69) is 16.0 Å². The van der Waals surface area contributed by atoms with Gasteiger partial charge in [-0.3, -0.25) is 10.1 Å². The van der Waals surface area contributed by atoms with Crippen LogP contribution in [0.4, 0.5) is 0 Å². The van der Waals surface area contributed by atoms with Crippen LogP contribution >= 0.6 is 0 Å². The first-order chi connectivity index (χ1) is 3.93. The Kier molecular flexibility index (Phi) is 1.82. The first kappa shape index (κ1) is 5.53. The average Bonchev–Trinajstić information content (AvgIpc) is 2.19. The Labute approximate surface area is 47.6 Å². The second-order valence-corrected chi connectivity index (χ2v) is 1.63. The van der Waals surface area contributed by atoms with E-state index in [1.165, 1.54) is 0 Å². The molecule has 1 atom stereocenters. The minimum Gasteiger partial charge on any atom is -0.331 e. The molecule has 0 saturated carbocycles. The topological polar surface area (TPSA) is 53.2 Å². The Hall–Kier alpha value is -0.610. The molecule has 1 aliphatic rings. The fourth-order valence-electron chi connectivity index (χ4n) is 0.657. The predicted molar refractivity (Wildman–Crippen MR) is 28.6 cm³/mol. The van der Waals surface area contributed by atoms with Crippen molar-refractivity contribution in [3.63, 3.8) is 0 Å². The highest BCUT2D eigenvalue weighted by Gasteiger charge is 2.10. The molecule has 1 heterocycles. The van der Waals surface area contributed by atoms with E-state index >= 15 is 0 Å². The summed E-state index contributed by atoms with van der Waals surface area (Å²) >= 11 is 0. The monoisotopic (exact) mass is 114 g/mol. The van der Waals surface area contributed by atoms with Crippen molar-refractivity contribution >= 4 is 6.41 Å². The Balaban J connectivity index is 2.14. The van der Waals surface area contributed by atoms with Gasteiger partial charge in [0.1, 0.15) is 0 Å². The summed E-state index contributed by atoms with van der Waals surface area (Å²) in [6, 6.07) is 0. The van der Waals surface area contributed by atoms with Gasteiger partial charge in [-0.2, -0.15) is 0 Å². The SMILES string of the molecule is O=[C]NC1CNCN1. The normalized spacial score (nSPS) is 27.8. The van der Waals surface area contributed by atoms with Gasteiger partial charge < -0.3 is 10.6 Å². The van der Waals surface area contributed by atoms with Crippen LogP contribution in [0.2, 0.25) is 0 Å². The number of hydrogen-bond donors (Lipinski definition) is 3. The molecule has 1 saturated heterocycles. The smallest absolute Gasteiger partial charge is 0.310 e. The first-order valence-electron chi connectivity index (χ1n) is 2.50. The molecule has 4 nitrogen and oxygen atoms in total. The quantitative estimate of drug-likeness (QED) is 0.368. The van der Waals surface area contributed by atoms with Crippen LogP contribution in [-0.2, 0) is 4.79 Å². The minimum absolute atomic E-state index is 0.0764. The summed E-state index contributed by atoms with van der Waals surface area (Å²) in [6.45, 7) is 1.55. The van der Waals surface area contributed by atoms with Gasteiger partial charge in [0.15, 0.2) is 0 Å². The molecule has 1 rings (SSSR count). The Bertz CT molecular complexity index is 79.4. The Morgan fingerprint density at radius 2 is 2.62 bits per heavy atom. The van der Waals surface area contributed by atoms with Gasteiger partial charge in [-0.05, 0) is 0 Å². The van der Waals surface area contributed by atoms with E-state index in [9.17, 15) is 4.79 Å². The average molecular weight is 114 g/mol. The first-order valence-corrected chi connectivity index (χ1v) is 2.50. The van der Waals surface area contributed by atoms with Crippen LogP contribution < -0.4 is 16.0 Å². The van der Waals surface area contributed by atoms with Crippen LogP contribution in [0.5, 0.6) is 0 Å². The van der Waals surface area contributed by atoms with Crippen molar-refractivity contribution in [2.45, 2.75) is 6.17 Å². The third kappa shape index (κ3) is 1.18. The molecule has 1 aliphatic heterocycles. The van der Waals surface area contributed by atoms with Crippen LogP contribution in [0.15, 0.2) is 0 Å².